The summed E-state index contributed by atoms with van der Waals surface area (Å²) in [5, 5.41) is 7.82. The molecule has 0 fully saturated rings. The lowest BCUT2D eigenvalue weighted by molar-refractivity contribution is -0.137. The number of alkyl halides is 3. The molecule has 3 N–H and O–H groups in total. The summed E-state index contributed by atoms with van der Waals surface area (Å²) in [6.07, 6.45) is -4.40. The molecule has 2 aromatic carbocycles. The van der Waals surface area contributed by atoms with E-state index in [1.807, 2.05) is 0 Å². The van der Waals surface area contributed by atoms with Gasteiger partial charge in [-0.1, -0.05) is 11.6 Å². The molecule has 0 aliphatic carbocycles. The van der Waals surface area contributed by atoms with Crippen LogP contribution in [-0.4, -0.2) is 5.84 Å². The van der Waals surface area contributed by atoms with E-state index < -0.39 is 11.7 Å². The van der Waals surface area contributed by atoms with E-state index in [1.165, 1.54) is 30.3 Å². The van der Waals surface area contributed by atoms with Gasteiger partial charge in [-0.3, -0.25) is 5.41 Å². The average molecular weight is 315 g/mol. The number of hydrogen-bond acceptors (Lipinski definition) is 2. The van der Waals surface area contributed by atoms with Crippen LogP contribution in [0.15, 0.2) is 42.5 Å². The van der Waals surface area contributed by atoms with Crippen molar-refractivity contribution < 1.29 is 17.9 Å². The first-order valence-electron chi connectivity index (χ1n) is 5.76. The van der Waals surface area contributed by atoms with Gasteiger partial charge in [0.15, 0.2) is 0 Å². The van der Waals surface area contributed by atoms with Crippen LogP contribution in [0.4, 0.5) is 13.2 Å². The van der Waals surface area contributed by atoms with Crippen LogP contribution in [0, 0.1) is 5.41 Å². The largest absolute Gasteiger partial charge is 0.457 e. The summed E-state index contributed by atoms with van der Waals surface area (Å²) in [7, 11) is 0. The minimum atomic E-state index is -4.40. The van der Waals surface area contributed by atoms with Gasteiger partial charge in [0.2, 0.25) is 0 Å². The molecule has 0 aliphatic heterocycles. The molecule has 0 aromatic heterocycles. The lowest BCUT2D eigenvalue weighted by Gasteiger charge is -2.12. The van der Waals surface area contributed by atoms with E-state index in [4.69, 9.17) is 27.5 Å². The molecular formula is C14H10ClF3N2O. The van der Waals surface area contributed by atoms with E-state index in [0.717, 1.165) is 12.1 Å². The van der Waals surface area contributed by atoms with Crippen LogP contribution in [0.5, 0.6) is 11.5 Å². The van der Waals surface area contributed by atoms with Crippen molar-refractivity contribution >= 4 is 17.4 Å². The average Bonchev–Trinajstić information content (AvgIpc) is 2.40. The summed E-state index contributed by atoms with van der Waals surface area (Å²) in [5.41, 5.74) is 4.91. The number of hydrogen-bond donors (Lipinski definition) is 2. The van der Waals surface area contributed by atoms with Gasteiger partial charge in [-0.05, 0) is 42.5 Å². The molecule has 0 heterocycles. The zero-order chi connectivity index (χ0) is 15.6. The Bertz CT molecular complexity index is 669. The van der Waals surface area contributed by atoms with Crippen molar-refractivity contribution in [2.24, 2.45) is 5.73 Å². The van der Waals surface area contributed by atoms with Crippen LogP contribution in [0.1, 0.15) is 11.1 Å². The first kappa shape index (κ1) is 15.2. The van der Waals surface area contributed by atoms with Crippen molar-refractivity contribution in [2.75, 3.05) is 0 Å². The second kappa shape index (κ2) is 5.65. The quantitative estimate of drug-likeness (QED) is 0.650. The predicted octanol–water partition coefficient (Wildman–Crippen LogP) is 4.44. The summed E-state index contributed by atoms with van der Waals surface area (Å²) in [5.74, 6) is 0.193. The number of nitrogens with two attached hydrogens (primary N) is 1. The normalized spacial score (nSPS) is 11.2. The van der Waals surface area contributed by atoms with E-state index in [0.29, 0.717) is 5.02 Å². The van der Waals surface area contributed by atoms with E-state index in [-0.39, 0.29) is 22.9 Å². The predicted molar refractivity (Wildman–Crippen MR) is 74.0 cm³/mol. The Kier molecular flexibility index (Phi) is 4.09. The van der Waals surface area contributed by atoms with Gasteiger partial charge in [0, 0.05) is 5.02 Å². The fraction of sp³-hybridized carbons (Fsp3) is 0.0714. The topological polar surface area (TPSA) is 59.1 Å². The molecule has 2 aromatic rings. The highest BCUT2D eigenvalue weighted by molar-refractivity contribution is 6.31. The summed E-state index contributed by atoms with van der Waals surface area (Å²) in [6.45, 7) is 0. The summed E-state index contributed by atoms with van der Waals surface area (Å²) >= 11 is 5.80. The van der Waals surface area contributed by atoms with Gasteiger partial charge in [-0.25, -0.2) is 0 Å². The van der Waals surface area contributed by atoms with Crippen molar-refractivity contribution in [1.29, 1.82) is 5.41 Å². The zero-order valence-corrected chi connectivity index (χ0v) is 11.3. The van der Waals surface area contributed by atoms with Crippen molar-refractivity contribution in [3.05, 3.63) is 58.6 Å². The Morgan fingerprint density at radius 1 is 1.10 bits per heavy atom. The highest BCUT2D eigenvalue weighted by atomic mass is 35.5. The Hall–Kier alpha value is -2.21. The van der Waals surface area contributed by atoms with Gasteiger partial charge in [0.05, 0.1) is 11.1 Å². The van der Waals surface area contributed by atoms with Gasteiger partial charge in [0.25, 0.3) is 0 Å². The molecule has 0 radical (unpaired) electrons. The van der Waals surface area contributed by atoms with Crippen LogP contribution in [0.3, 0.4) is 0 Å². The molecule has 7 heteroatoms. The first-order valence-corrected chi connectivity index (χ1v) is 6.14. The van der Waals surface area contributed by atoms with Gasteiger partial charge in [-0.15, -0.1) is 0 Å². The molecule has 21 heavy (non-hydrogen) atoms. The smallest absolute Gasteiger partial charge is 0.416 e. The van der Waals surface area contributed by atoms with E-state index in [9.17, 15) is 13.2 Å². The molecule has 0 bridgehead atoms. The maximum atomic E-state index is 12.5. The standard InChI is InChI=1S/C14H10ClF3N2O/c15-9-3-6-12(11(7-9)13(19)20)21-10-4-1-8(2-5-10)14(16,17)18/h1-7H,(H3,19,20). The number of nitrogens with one attached hydrogen (secondary N) is 1. The molecule has 3 nitrogen and oxygen atoms in total. The molecule has 0 unspecified atom stereocenters. The fourth-order valence-electron chi connectivity index (χ4n) is 1.64. The Balaban J connectivity index is 2.28. The van der Waals surface area contributed by atoms with Crippen molar-refractivity contribution in [3.63, 3.8) is 0 Å². The molecule has 0 amide bonds. The number of amidine groups is 1. The molecule has 0 spiro atoms. The maximum Gasteiger partial charge on any atom is 0.416 e. The van der Waals surface area contributed by atoms with E-state index >= 15 is 0 Å². The Morgan fingerprint density at radius 3 is 2.24 bits per heavy atom. The number of rotatable bonds is 3. The lowest BCUT2D eigenvalue weighted by Crippen LogP contribution is -2.12. The summed E-state index contributed by atoms with van der Waals surface area (Å²) in [4.78, 5) is 0. The third-order valence-corrected chi connectivity index (χ3v) is 2.88. The Morgan fingerprint density at radius 2 is 1.71 bits per heavy atom. The minimum absolute atomic E-state index is 0.202. The number of nitrogen functional groups attached to an aromatic ring is 1. The highest BCUT2D eigenvalue weighted by Crippen LogP contribution is 2.32. The van der Waals surface area contributed by atoms with Crippen molar-refractivity contribution in [3.8, 4) is 11.5 Å². The zero-order valence-electron chi connectivity index (χ0n) is 10.5. The van der Waals surface area contributed by atoms with Gasteiger partial charge >= 0.3 is 6.18 Å². The van der Waals surface area contributed by atoms with Crippen LogP contribution in [0.2, 0.25) is 5.02 Å². The number of ether oxygens (including phenoxy) is 1. The molecule has 110 valence electrons. The third-order valence-electron chi connectivity index (χ3n) is 2.64. The first-order chi connectivity index (χ1) is 9.77. The second-order valence-corrected chi connectivity index (χ2v) is 4.61. The molecule has 2 rings (SSSR count). The molecular weight excluding hydrogens is 305 g/mol. The fourth-order valence-corrected chi connectivity index (χ4v) is 1.81. The van der Waals surface area contributed by atoms with Crippen molar-refractivity contribution in [1.82, 2.24) is 0 Å². The van der Waals surface area contributed by atoms with Crippen LogP contribution in [-0.2, 0) is 6.18 Å². The van der Waals surface area contributed by atoms with E-state index in [2.05, 4.69) is 0 Å². The number of benzene rings is 2. The van der Waals surface area contributed by atoms with Crippen LogP contribution < -0.4 is 10.5 Å². The highest BCUT2D eigenvalue weighted by Gasteiger charge is 2.30. The summed E-state index contributed by atoms with van der Waals surface area (Å²) < 4.78 is 42.8. The maximum absolute atomic E-state index is 12.5. The van der Waals surface area contributed by atoms with Gasteiger partial charge < -0.3 is 10.5 Å². The van der Waals surface area contributed by atoms with Gasteiger partial charge in [0.1, 0.15) is 17.3 Å². The number of halogens is 4. The van der Waals surface area contributed by atoms with Gasteiger partial charge in [-0.2, -0.15) is 13.2 Å². The van der Waals surface area contributed by atoms with E-state index in [1.54, 1.807) is 0 Å². The molecule has 0 atom stereocenters. The third kappa shape index (κ3) is 3.66. The summed E-state index contributed by atoms with van der Waals surface area (Å²) in [6, 6.07) is 8.70. The monoisotopic (exact) mass is 314 g/mol. The lowest BCUT2D eigenvalue weighted by atomic mass is 10.2. The Labute approximate surface area is 123 Å². The van der Waals surface area contributed by atoms with Crippen LogP contribution >= 0.6 is 11.6 Å². The molecule has 0 aliphatic rings. The molecule has 0 saturated carbocycles. The minimum Gasteiger partial charge on any atom is -0.457 e. The van der Waals surface area contributed by atoms with Crippen molar-refractivity contribution in [2.45, 2.75) is 6.18 Å². The van der Waals surface area contributed by atoms with Crippen LogP contribution in [0.25, 0.3) is 0 Å². The molecule has 0 saturated heterocycles. The SMILES string of the molecule is N=C(N)c1cc(Cl)ccc1Oc1ccc(C(F)(F)F)cc1. The second-order valence-electron chi connectivity index (χ2n) is 4.18.